The van der Waals surface area contributed by atoms with E-state index in [0.717, 1.165) is 61.4 Å². The smallest absolute Gasteiger partial charge is 0.232 e. The lowest BCUT2D eigenvalue weighted by Crippen LogP contribution is -2.30. The number of fused-ring (bicyclic) bond motifs is 1. The standard InChI is InChI=1S/C24H29N5O/c1-2-14-29(13-1)21-6-3-19(4-7-21)27-20-5-8-22-23(15-20)28-24(16-26-22)30-17-18-9-11-25-12-10-18/h3-8,15-16,18,25,27H,1-2,9-14,17H2. The molecule has 2 aliphatic heterocycles. The van der Waals surface area contributed by atoms with E-state index in [1.165, 1.54) is 18.5 Å². The van der Waals surface area contributed by atoms with E-state index >= 15 is 0 Å². The molecule has 3 heterocycles. The van der Waals surface area contributed by atoms with Gasteiger partial charge in [-0.15, -0.1) is 0 Å². The Morgan fingerprint density at radius 2 is 1.73 bits per heavy atom. The second-order valence-electron chi connectivity index (χ2n) is 8.28. The lowest BCUT2D eigenvalue weighted by molar-refractivity contribution is 0.209. The Morgan fingerprint density at radius 1 is 0.967 bits per heavy atom. The number of hydrogen-bond acceptors (Lipinski definition) is 6. The van der Waals surface area contributed by atoms with Crippen LogP contribution < -0.4 is 20.3 Å². The molecule has 2 aliphatic rings. The highest BCUT2D eigenvalue weighted by molar-refractivity contribution is 5.80. The summed E-state index contributed by atoms with van der Waals surface area (Å²) < 4.78 is 5.95. The number of benzene rings is 2. The number of nitrogens with zero attached hydrogens (tertiary/aromatic N) is 3. The first-order valence-electron chi connectivity index (χ1n) is 11.1. The highest BCUT2D eigenvalue weighted by Crippen LogP contribution is 2.25. The Kier molecular flexibility index (Phi) is 5.66. The van der Waals surface area contributed by atoms with Crippen LogP contribution in [0.5, 0.6) is 5.88 Å². The third kappa shape index (κ3) is 4.49. The summed E-state index contributed by atoms with van der Waals surface area (Å²) in [4.78, 5) is 11.6. The van der Waals surface area contributed by atoms with Gasteiger partial charge >= 0.3 is 0 Å². The van der Waals surface area contributed by atoms with Crippen molar-refractivity contribution in [2.45, 2.75) is 25.7 Å². The van der Waals surface area contributed by atoms with Gasteiger partial charge in [-0.05, 0) is 87.2 Å². The predicted molar refractivity (Wildman–Crippen MR) is 122 cm³/mol. The molecule has 1 aromatic heterocycles. The van der Waals surface area contributed by atoms with E-state index < -0.39 is 0 Å². The minimum Gasteiger partial charge on any atom is -0.476 e. The van der Waals surface area contributed by atoms with E-state index in [-0.39, 0.29) is 0 Å². The van der Waals surface area contributed by atoms with Crippen LogP contribution in [-0.4, -0.2) is 42.8 Å². The van der Waals surface area contributed by atoms with Crippen LogP contribution in [0.1, 0.15) is 25.7 Å². The number of hydrogen-bond donors (Lipinski definition) is 2. The third-order valence-corrected chi connectivity index (χ3v) is 6.07. The van der Waals surface area contributed by atoms with E-state index in [1.54, 1.807) is 6.20 Å². The Hall–Kier alpha value is -2.86. The lowest BCUT2D eigenvalue weighted by Gasteiger charge is -2.22. The van der Waals surface area contributed by atoms with Crippen LogP contribution in [0.2, 0.25) is 0 Å². The Labute approximate surface area is 177 Å². The van der Waals surface area contributed by atoms with Crippen LogP contribution in [0.4, 0.5) is 17.1 Å². The van der Waals surface area contributed by atoms with Gasteiger partial charge in [0.25, 0.3) is 0 Å². The van der Waals surface area contributed by atoms with E-state index in [1.807, 2.05) is 18.2 Å². The molecule has 0 unspecified atom stereocenters. The van der Waals surface area contributed by atoms with Crippen LogP contribution >= 0.6 is 0 Å². The average Bonchev–Trinajstić information content (AvgIpc) is 3.34. The average molecular weight is 404 g/mol. The first-order valence-corrected chi connectivity index (χ1v) is 11.1. The van der Waals surface area contributed by atoms with Gasteiger partial charge in [0.1, 0.15) is 0 Å². The molecule has 0 radical (unpaired) electrons. The number of ether oxygens (including phenoxy) is 1. The second kappa shape index (κ2) is 8.88. The number of piperidine rings is 1. The van der Waals surface area contributed by atoms with Crippen molar-refractivity contribution in [1.82, 2.24) is 15.3 Å². The summed E-state index contributed by atoms with van der Waals surface area (Å²) in [6, 6.07) is 14.8. The van der Waals surface area contributed by atoms with Crippen molar-refractivity contribution in [1.29, 1.82) is 0 Å². The summed E-state index contributed by atoms with van der Waals surface area (Å²) in [5.41, 5.74) is 5.10. The second-order valence-corrected chi connectivity index (χ2v) is 8.28. The molecule has 5 rings (SSSR count). The van der Waals surface area contributed by atoms with Gasteiger partial charge < -0.3 is 20.3 Å². The van der Waals surface area contributed by atoms with Crippen molar-refractivity contribution in [3.05, 3.63) is 48.7 Å². The summed E-state index contributed by atoms with van der Waals surface area (Å²) >= 11 is 0. The van der Waals surface area contributed by atoms with Crippen LogP contribution in [0.3, 0.4) is 0 Å². The zero-order valence-corrected chi connectivity index (χ0v) is 17.3. The van der Waals surface area contributed by atoms with E-state index in [9.17, 15) is 0 Å². The highest BCUT2D eigenvalue weighted by Gasteiger charge is 2.14. The molecule has 3 aromatic rings. The zero-order chi connectivity index (χ0) is 20.2. The molecule has 0 amide bonds. The molecule has 2 saturated heterocycles. The molecule has 2 aromatic carbocycles. The SMILES string of the molecule is c1cc(N2CCCC2)ccc1Nc1ccc2ncc(OCC3CCNCC3)nc2c1. The zero-order valence-electron chi connectivity index (χ0n) is 17.3. The number of aromatic nitrogens is 2. The molecular weight excluding hydrogens is 374 g/mol. The van der Waals surface area contributed by atoms with Crippen LogP contribution in [0.15, 0.2) is 48.7 Å². The predicted octanol–water partition coefficient (Wildman–Crippen LogP) is 4.35. The van der Waals surface area contributed by atoms with Crippen molar-refractivity contribution < 1.29 is 4.74 Å². The summed E-state index contributed by atoms with van der Waals surface area (Å²) in [6.07, 6.45) is 6.63. The van der Waals surface area contributed by atoms with Crippen molar-refractivity contribution in [2.24, 2.45) is 5.92 Å². The fourth-order valence-electron chi connectivity index (χ4n) is 4.29. The lowest BCUT2D eigenvalue weighted by atomic mass is 9.99. The maximum atomic E-state index is 5.95. The number of anilines is 3. The number of rotatable bonds is 6. The van der Waals surface area contributed by atoms with E-state index in [2.05, 4.69) is 49.8 Å². The topological polar surface area (TPSA) is 62.3 Å². The summed E-state index contributed by atoms with van der Waals surface area (Å²) in [5, 5.41) is 6.87. The molecule has 30 heavy (non-hydrogen) atoms. The Morgan fingerprint density at radius 3 is 2.53 bits per heavy atom. The van der Waals surface area contributed by atoms with Crippen molar-refractivity contribution in [2.75, 3.05) is 43.0 Å². The maximum absolute atomic E-state index is 5.95. The molecule has 0 saturated carbocycles. The third-order valence-electron chi connectivity index (χ3n) is 6.07. The van der Waals surface area contributed by atoms with Gasteiger partial charge in [0, 0.05) is 30.2 Å². The fraction of sp³-hybridized carbons (Fsp3) is 0.417. The molecule has 2 N–H and O–H groups in total. The molecule has 6 heteroatoms. The van der Waals surface area contributed by atoms with Gasteiger partial charge in [-0.2, -0.15) is 0 Å². The van der Waals surface area contributed by atoms with Crippen LogP contribution in [0.25, 0.3) is 11.0 Å². The molecule has 0 bridgehead atoms. The van der Waals surface area contributed by atoms with Gasteiger partial charge in [-0.25, -0.2) is 9.97 Å². The van der Waals surface area contributed by atoms with Crippen molar-refractivity contribution >= 4 is 28.1 Å². The minimum atomic E-state index is 0.597. The van der Waals surface area contributed by atoms with Crippen molar-refractivity contribution in [3.63, 3.8) is 0 Å². The summed E-state index contributed by atoms with van der Waals surface area (Å²) in [7, 11) is 0. The van der Waals surface area contributed by atoms with Gasteiger partial charge in [0.15, 0.2) is 0 Å². The molecule has 0 spiro atoms. The first kappa shape index (κ1) is 19.1. The summed E-state index contributed by atoms with van der Waals surface area (Å²) in [6.45, 7) is 5.19. The maximum Gasteiger partial charge on any atom is 0.232 e. The first-order chi connectivity index (χ1) is 14.8. The van der Waals surface area contributed by atoms with Crippen LogP contribution in [-0.2, 0) is 0 Å². The molecule has 0 atom stereocenters. The molecular formula is C24H29N5O. The molecule has 6 nitrogen and oxygen atoms in total. The van der Waals surface area contributed by atoms with Gasteiger partial charge in [0.2, 0.25) is 5.88 Å². The summed E-state index contributed by atoms with van der Waals surface area (Å²) in [5.74, 6) is 1.20. The van der Waals surface area contributed by atoms with Gasteiger partial charge in [0.05, 0.1) is 23.8 Å². The van der Waals surface area contributed by atoms with Crippen molar-refractivity contribution in [3.8, 4) is 5.88 Å². The Bertz CT molecular complexity index is 979. The van der Waals surface area contributed by atoms with E-state index in [4.69, 9.17) is 4.74 Å². The Balaban J connectivity index is 1.26. The van der Waals surface area contributed by atoms with E-state index in [0.29, 0.717) is 18.4 Å². The fourth-order valence-corrected chi connectivity index (χ4v) is 4.29. The normalized spacial score (nSPS) is 17.4. The van der Waals surface area contributed by atoms with Gasteiger partial charge in [-0.3, -0.25) is 0 Å². The van der Waals surface area contributed by atoms with Crippen LogP contribution in [0, 0.1) is 5.92 Å². The largest absolute Gasteiger partial charge is 0.476 e. The molecule has 2 fully saturated rings. The molecule has 0 aliphatic carbocycles. The number of nitrogens with one attached hydrogen (secondary N) is 2. The monoisotopic (exact) mass is 403 g/mol. The molecule has 156 valence electrons. The van der Waals surface area contributed by atoms with Gasteiger partial charge in [-0.1, -0.05) is 0 Å². The quantitative estimate of drug-likeness (QED) is 0.638. The highest BCUT2D eigenvalue weighted by atomic mass is 16.5. The minimum absolute atomic E-state index is 0.597.